The largest absolute Gasteiger partial charge is 0.417 e. The zero-order chi connectivity index (χ0) is 16.2. The van der Waals surface area contributed by atoms with Gasteiger partial charge in [-0.25, -0.2) is 4.98 Å². The Kier molecular flexibility index (Phi) is 5.23. The van der Waals surface area contributed by atoms with Crippen LogP contribution in [0.15, 0.2) is 31.0 Å². The molecule has 0 saturated carbocycles. The third-order valence-corrected chi connectivity index (χ3v) is 3.77. The molecule has 0 atom stereocenters. The Balaban J connectivity index is 1.91. The second kappa shape index (κ2) is 6.95. The SMILES string of the molecule is C=CCNC(=S)N1CCN(c2ccc(C(F)(F)F)cn2)CC1. The Morgan fingerprint density at radius 2 is 2.00 bits per heavy atom. The molecule has 2 rings (SSSR count). The van der Waals surface area contributed by atoms with Gasteiger partial charge in [0.25, 0.3) is 0 Å². The number of alkyl halides is 3. The van der Waals surface area contributed by atoms with E-state index in [0.29, 0.717) is 43.7 Å². The quantitative estimate of drug-likeness (QED) is 0.679. The van der Waals surface area contributed by atoms with Gasteiger partial charge in [-0.05, 0) is 24.4 Å². The van der Waals surface area contributed by atoms with Crippen molar-refractivity contribution in [1.29, 1.82) is 0 Å². The van der Waals surface area contributed by atoms with Crippen LogP contribution in [0.5, 0.6) is 0 Å². The van der Waals surface area contributed by atoms with Gasteiger partial charge in [-0.15, -0.1) is 6.58 Å². The molecular weight excluding hydrogens is 313 g/mol. The van der Waals surface area contributed by atoms with E-state index in [9.17, 15) is 13.2 Å². The summed E-state index contributed by atoms with van der Waals surface area (Å²) in [4.78, 5) is 7.89. The van der Waals surface area contributed by atoms with Crippen molar-refractivity contribution >= 4 is 23.1 Å². The summed E-state index contributed by atoms with van der Waals surface area (Å²) in [5, 5.41) is 3.73. The van der Waals surface area contributed by atoms with E-state index in [-0.39, 0.29) is 0 Å². The molecule has 0 radical (unpaired) electrons. The number of hydrogen-bond acceptors (Lipinski definition) is 3. The molecule has 120 valence electrons. The fourth-order valence-corrected chi connectivity index (χ4v) is 2.42. The lowest BCUT2D eigenvalue weighted by atomic mass is 10.2. The maximum atomic E-state index is 12.5. The van der Waals surface area contributed by atoms with Gasteiger partial charge in [-0.3, -0.25) is 0 Å². The Morgan fingerprint density at radius 3 is 2.50 bits per heavy atom. The van der Waals surface area contributed by atoms with Crippen LogP contribution in [-0.2, 0) is 6.18 Å². The molecule has 8 heteroatoms. The molecule has 4 nitrogen and oxygen atoms in total. The van der Waals surface area contributed by atoms with Gasteiger partial charge in [0.1, 0.15) is 5.82 Å². The predicted molar refractivity (Wildman–Crippen MR) is 83.8 cm³/mol. The van der Waals surface area contributed by atoms with Crippen LogP contribution in [0, 0.1) is 0 Å². The van der Waals surface area contributed by atoms with Crippen molar-refractivity contribution in [3.8, 4) is 0 Å². The first-order valence-corrected chi connectivity index (χ1v) is 7.24. The molecule has 0 unspecified atom stereocenters. The monoisotopic (exact) mass is 330 g/mol. The van der Waals surface area contributed by atoms with Gasteiger partial charge < -0.3 is 15.1 Å². The second-order valence-corrected chi connectivity index (χ2v) is 5.24. The summed E-state index contributed by atoms with van der Waals surface area (Å²) in [7, 11) is 0. The molecule has 22 heavy (non-hydrogen) atoms. The highest BCUT2D eigenvalue weighted by Crippen LogP contribution is 2.29. The highest BCUT2D eigenvalue weighted by Gasteiger charge is 2.31. The van der Waals surface area contributed by atoms with Crippen molar-refractivity contribution in [2.24, 2.45) is 0 Å². The first kappa shape index (κ1) is 16.5. The van der Waals surface area contributed by atoms with Crippen LogP contribution < -0.4 is 10.2 Å². The van der Waals surface area contributed by atoms with E-state index in [1.165, 1.54) is 6.07 Å². The molecule has 0 bridgehead atoms. The van der Waals surface area contributed by atoms with E-state index in [2.05, 4.69) is 16.9 Å². The number of thiocarbonyl (C=S) groups is 1. The lowest BCUT2D eigenvalue weighted by molar-refractivity contribution is -0.137. The van der Waals surface area contributed by atoms with Gasteiger partial charge in [0.05, 0.1) is 5.56 Å². The molecular formula is C14H17F3N4S. The van der Waals surface area contributed by atoms with Gasteiger partial charge in [0.15, 0.2) is 5.11 Å². The van der Waals surface area contributed by atoms with Crippen LogP contribution in [0.4, 0.5) is 19.0 Å². The number of anilines is 1. The smallest absolute Gasteiger partial charge is 0.359 e. The van der Waals surface area contributed by atoms with Crippen molar-refractivity contribution in [3.05, 3.63) is 36.5 Å². The summed E-state index contributed by atoms with van der Waals surface area (Å²) < 4.78 is 37.5. The Bertz CT molecular complexity index is 522. The number of aromatic nitrogens is 1. The molecule has 1 aliphatic heterocycles. The summed E-state index contributed by atoms with van der Waals surface area (Å²) in [6, 6.07) is 2.47. The summed E-state index contributed by atoms with van der Waals surface area (Å²) >= 11 is 5.26. The average molecular weight is 330 g/mol. The van der Waals surface area contributed by atoms with E-state index in [4.69, 9.17) is 12.2 Å². The van der Waals surface area contributed by atoms with Crippen molar-refractivity contribution in [2.45, 2.75) is 6.18 Å². The molecule has 1 saturated heterocycles. The summed E-state index contributed by atoms with van der Waals surface area (Å²) in [5.41, 5.74) is -0.732. The van der Waals surface area contributed by atoms with E-state index < -0.39 is 11.7 Å². The van der Waals surface area contributed by atoms with Gasteiger partial charge in [0.2, 0.25) is 0 Å². The number of nitrogens with one attached hydrogen (secondary N) is 1. The standard InChI is InChI=1S/C14H17F3N4S/c1-2-5-18-13(22)21-8-6-20(7-9-21)12-4-3-11(10-19-12)14(15,16)17/h2-4,10H,1,5-9H2,(H,18,22). The first-order valence-electron chi connectivity index (χ1n) is 6.83. The zero-order valence-corrected chi connectivity index (χ0v) is 12.8. The lowest BCUT2D eigenvalue weighted by Crippen LogP contribution is -2.52. The van der Waals surface area contributed by atoms with Gasteiger partial charge >= 0.3 is 6.18 Å². The summed E-state index contributed by atoms with van der Waals surface area (Å²) in [6.07, 6.45) is -1.75. The van der Waals surface area contributed by atoms with Crippen molar-refractivity contribution in [2.75, 3.05) is 37.6 Å². The van der Waals surface area contributed by atoms with E-state index in [1.807, 2.05) is 9.80 Å². The minimum Gasteiger partial charge on any atom is -0.359 e. The van der Waals surface area contributed by atoms with E-state index in [0.717, 1.165) is 12.3 Å². The highest BCUT2D eigenvalue weighted by atomic mass is 32.1. The number of nitrogens with zero attached hydrogens (tertiary/aromatic N) is 3. The summed E-state index contributed by atoms with van der Waals surface area (Å²) in [5.74, 6) is 0.553. The third kappa shape index (κ3) is 4.09. The van der Waals surface area contributed by atoms with Gasteiger partial charge in [-0.1, -0.05) is 6.08 Å². The van der Waals surface area contributed by atoms with Gasteiger partial charge in [0, 0.05) is 38.9 Å². The van der Waals surface area contributed by atoms with Crippen LogP contribution >= 0.6 is 12.2 Å². The number of piperazine rings is 1. The maximum absolute atomic E-state index is 12.5. The third-order valence-electron chi connectivity index (χ3n) is 3.36. The summed E-state index contributed by atoms with van der Waals surface area (Å²) in [6.45, 7) is 6.95. The fourth-order valence-electron chi connectivity index (χ4n) is 2.15. The van der Waals surface area contributed by atoms with Crippen LogP contribution in [0.3, 0.4) is 0 Å². The van der Waals surface area contributed by atoms with Crippen molar-refractivity contribution in [3.63, 3.8) is 0 Å². The second-order valence-electron chi connectivity index (χ2n) is 4.85. The van der Waals surface area contributed by atoms with E-state index >= 15 is 0 Å². The topological polar surface area (TPSA) is 31.4 Å². The van der Waals surface area contributed by atoms with Crippen LogP contribution in [0.2, 0.25) is 0 Å². The zero-order valence-electron chi connectivity index (χ0n) is 11.9. The maximum Gasteiger partial charge on any atom is 0.417 e. The minimum absolute atomic E-state index is 0.553. The van der Waals surface area contributed by atoms with Crippen LogP contribution in [0.25, 0.3) is 0 Å². The average Bonchev–Trinajstić information content (AvgIpc) is 2.52. The molecule has 2 heterocycles. The molecule has 1 aromatic heterocycles. The Hall–Kier alpha value is -1.83. The molecule has 0 amide bonds. The molecule has 1 N–H and O–H groups in total. The van der Waals surface area contributed by atoms with Crippen molar-refractivity contribution < 1.29 is 13.2 Å². The van der Waals surface area contributed by atoms with Gasteiger partial charge in [-0.2, -0.15) is 13.2 Å². The molecule has 1 fully saturated rings. The molecule has 1 aromatic rings. The van der Waals surface area contributed by atoms with Crippen molar-refractivity contribution in [1.82, 2.24) is 15.2 Å². The lowest BCUT2D eigenvalue weighted by Gasteiger charge is -2.36. The molecule has 0 aliphatic carbocycles. The first-order chi connectivity index (χ1) is 10.4. The van der Waals surface area contributed by atoms with E-state index in [1.54, 1.807) is 6.08 Å². The minimum atomic E-state index is -4.35. The molecule has 0 aromatic carbocycles. The normalized spacial score (nSPS) is 15.6. The number of pyridine rings is 1. The van der Waals surface area contributed by atoms with Crippen LogP contribution in [0.1, 0.15) is 5.56 Å². The fraction of sp³-hybridized carbons (Fsp3) is 0.429. The molecule has 0 spiro atoms. The Morgan fingerprint density at radius 1 is 1.32 bits per heavy atom. The molecule has 1 aliphatic rings. The number of halogens is 3. The Labute approximate surface area is 132 Å². The number of hydrogen-bond donors (Lipinski definition) is 1. The predicted octanol–water partition coefficient (Wildman–Crippen LogP) is 2.28. The van der Waals surface area contributed by atoms with Crippen LogP contribution in [-0.4, -0.2) is 47.7 Å². The highest BCUT2D eigenvalue weighted by molar-refractivity contribution is 7.80. The number of rotatable bonds is 3.